The van der Waals surface area contributed by atoms with Gasteiger partial charge < -0.3 is 9.80 Å². The molecule has 86 valence electrons. The molecule has 0 N–H and O–H groups in total. The van der Waals surface area contributed by atoms with Gasteiger partial charge in [-0.3, -0.25) is 9.59 Å². The second-order valence-corrected chi connectivity index (χ2v) is 4.24. The number of halogens is 1. The van der Waals surface area contributed by atoms with E-state index in [9.17, 15) is 9.59 Å². The van der Waals surface area contributed by atoms with Crippen molar-refractivity contribution in [3.8, 4) is 0 Å². The zero-order valence-electron chi connectivity index (χ0n) is 9.20. The third-order valence-corrected chi connectivity index (χ3v) is 3.16. The van der Waals surface area contributed by atoms with E-state index >= 15 is 0 Å². The topological polar surface area (TPSA) is 40.6 Å². The summed E-state index contributed by atoms with van der Waals surface area (Å²) in [7, 11) is 3.39. The Morgan fingerprint density at radius 3 is 2.27 bits per heavy atom. The molecule has 0 aromatic heterocycles. The second kappa shape index (κ2) is 5.35. The fraction of sp³-hybridized carbons (Fsp3) is 0.800. The Labute approximate surface area is 95.2 Å². The van der Waals surface area contributed by atoms with Crippen molar-refractivity contribution in [2.24, 2.45) is 0 Å². The summed E-state index contributed by atoms with van der Waals surface area (Å²) < 4.78 is 0. The summed E-state index contributed by atoms with van der Waals surface area (Å²) in [5, 5.41) is 0. The number of alkyl halides is 1. The number of carbonyl (C=O) groups is 2. The lowest BCUT2D eigenvalue weighted by Crippen LogP contribution is -2.46. The van der Waals surface area contributed by atoms with Crippen LogP contribution in [0.2, 0.25) is 0 Å². The molecule has 1 aliphatic rings. The van der Waals surface area contributed by atoms with Crippen molar-refractivity contribution >= 4 is 23.4 Å². The highest BCUT2D eigenvalue weighted by molar-refractivity contribution is 6.27. The Bertz CT molecular complexity index is 254. The van der Waals surface area contributed by atoms with E-state index < -0.39 is 0 Å². The van der Waals surface area contributed by atoms with E-state index in [4.69, 9.17) is 11.6 Å². The molecule has 0 unspecified atom stereocenters. The van der Waals surface area contributed by atoms with Crippen molar-refractivity contribution in [3.63, 3.8) is 0 Å². The van der Waals surface area contributed by atoms with Gasteiger partial charge >= 0.3 is 0 Å². The summed E-state index contributed by atoms with van der Waals surface area (Å²) in [5.74, 6) is -0.301. The molecular weight excluding hydrogens is 216 g/mol. The molecule has 0 radical (unpaired) electrons. The largest absolute Gasteiger partial charge is 0.341 e. The molecule has 4 nitrogen and oxygen atoms in total. The maximum absolute atomic E-state index is 11.7. The van der Waals surface area contributed by atoms with Gasteiger partial charge in [-0.2, -0.15) is 0 Å². The van der Waals surface area contributed by atoms with Crippen molar-refractivity contribution in [1.82, 2.24) is 9.80 Å². The fourth-order valence-electron chi connectivity index (χ4n) is 1.48. The van der Waals surface area contributed by atoms with Gasteiger partial charge in [0, 0.05) is 20.1 Å². The predicted octanol–water partition coefficient (Wildman–Crippen LogP) is 0.694. The predicted molar refractivity (Wildman–Crippen MR) is 58.8 cm³/mol. The molecule has 0 aromatic carbocycles. The molecule has 0 bridgehead atoms. The third-order valence-electron chi connectivity index (χ3n) is 2.93. The minimum atomic E-state index is -0.216. The molecule has 1 fully saturated rings. The van der Waals surface area contributed by atoms with Crippen LogP contribution in [-0.4, -0.2) is 54.2 Å². The summed E-state index contributed by atoms with van der Waals surface area (Å²) >= 11 is 5.39. The van der Waals surface area contributed by atoms with Crippen molar-refractivity contribution in [3.05, 3.63) is 0 Å². The summed E-state index contributed by atoms with van der Waals surface area (Å²) in [6.07, 6.45) is 3.35. The van der Waals surface area contributed by atoms with E-state index in [2.05, 4.69) is 0 Å². The quantitative estimate of drug-likeness (QED) is 0.670. The van der Waals surface area contributed by atoms with E-state index in [0.29, 0.717) is 6.04 Å². The Kier molecular flexibility index (Phi) is 4.39. The summed E-state index contributed by atoms with van der Waals surface area (Å²) in [5.41, 5.74) is 0. The highest BCUT2D eigenvalue weighted by Crippen LogP contribution is 2.23. The van der Waals surface area contributed by atoms with E-state index in [-0.39, 0.29) is 24.2 Å². The second-order valence-electron chi connectivity index (χ2n) is 3.97. The molecule has 1 aliphatic carbocycles. The average Bonchev–Trinajstić information content (AvgIpc) is 2.13. The number of hydrogen-bond acceptors (Lipinski definition) is 2. The maximum atomic E-state index is 11.7. The van der Waals surface area contributed by atoms with Crippen LogP contribution in [0.4, 0.5) is 0 Å². The summed E-state index contributed by atoms with van der Waals surface area (Å²) in [6.45, 7) is 0.124. The first-order valence-corrected chi connectivity index (χ1v) is 5.65. The average molecular weight is 233 g/mol. The van der Waals surface area contributed by atoms with Crippen LogP contribution < -0.4 is 0 Å². The van der Waals surface area contributed by atoms with Crippen LogP contribution in [-0.2, 0) is 9.59 Å². The number of hydrogen-bond donors (Lipinski definition) is 0. The monoisotopic (exact) mass is 232 g/mol. The third kappa shape index (κ3) is 3.09. The number of rotatable bonds is 4. The van der Waals surface area contributed by atoms with Crippen LogP contribution >= 0.6 is 11.6 Å². The number of carbonyl (C=O) groups excluding carboxylic acids is 2. The van der Waals surface area contributed by atoms with Gasteiger partial charge in [0.2, 0.25) is 11.8 Å². The molecule has 0 aliphatic heterocycles. The molecule has 0 atom stereocenters. The molecule has 0 heterocycles. The minimum Gasteiger partial charge on any atom is -0.341 e. The lowest BCUT2D eigenvalue weighted by molar-refractivity contribution is -0.139. The molecule has 5 heteroatoms. The molecule has 15 heavy (non-hydrogen) atoms. The highest BCUT2D eigenvalue weighted by atomic mass is 35.5. The van der Waals surface area contributed by atoms with Crippen molar-refractivity contribution in [1.29, 1.82) is 0 Å². The van der Waals surface area contributed by atoms with Crippen LogP contribution in [0.1, 0.15) is 19.3 Å². The fourth-order valence-corrected chi connectivity index (χ4v) is 1.69. The maximum Gasteiger partial charge on any atom is 0.242 e. The van der Waals surface area contributed by atoms with Crippen molar-refractivity contribution in [2.75, 3.05) is 26.5 Å². The Morgan fingerprint density at radius 2 is 1.87 bits per heavy atom. The number of likely N-dealkylation sites (N-methyl/N-ethyl adjacent to an activating group) is 2. The Morgan fingerprint density at radius 1 is 1.27 bits per heavy atom. The molecule has 0 aromatic rings. The van der Waals surface area contributed by atoms with Crippen molar-refractivity contribution < 1.29 is 9.59 Å². The Balaban J connectivity index is 2.36. The van der Waals surface area contributed by atoms with Gasteiger partial charge in [0.05, 0.1) is 6.54 Å². The van der Waals surface area contributed by atoms with Crippen LogP contribution in [0.25, 0.3) is 0 Å². The van der Waals surface area contributed by atoms with E-state index in [1.807, 2.05) is 0 Å². The highest BCUT2D eigenvalue weighted by Gasteiger charge is 2.26. The van der Waals surface area contributed by atoms with Gasteiger partial charge in [-0.05, 0) is 19.3 Å². The van der Waals surface area contributed by atoms with Crippen LogP contribution in [0.15, 0.2) is 0 Å². The van der Waals surface area contributed by atoms with Crippen molar-refractivity contribution in [2.45, 2.75) is 25.3 Å². The van der Waals surface area contributed by atoms with Crippen LogP contribution in [0, 0.1) is 0 Å². The first kappa shape index (κ1) is 12.3. The zero-order chi connectivity index (χ0) is 11.4. The number of nitrogens with zero attached hydrogens (tertiary/aromatic N) is 2. The minimum absolute atomic E-state index is 0.0133. The van der Waals surface area contributed by atoms with Gasteiger partial charge in [0.25, 0.3) is 0 Å². The zero-order valence-corrected chi connectivity index (χ0v) is 9.96. The lowest BCUT2D eigenvalue weighted by atomic mass is 9.92. The first-order valence-electron chi connectivity index (χ1n) is 5.12. The number of amides is 2. The van der Waals surface area contributed by atoms with E-state index in [0.717, 1.165) is 12.8 Å². The molecular formula is C10H17ClN2O2. The molecule has 1 saturated carbocycles. The Hall–Kier alpha value is -0.770. The first-order chi connectivity index (χ1) is 7.06. The molecule has 0 spiro atoms. The van der Waals surface area contributed by atoms with Gasteiger partial charge in [-0.15, -0.1) is 11.6 Å². The van der Waals surface area contributed by atoms with Crippen LogP contribution in [0.3, 0.4) is 0 Å². The lowest BCUT2D eigenvalue weighted by Gasteiger charge is -2.35. The van der Waals surface area contributed by atoms with Gasteiger partial charge in [0.15, 0.2) is 0 Å². The molecule has 1 rings (SSSR count). The molecule has 0 saturated heterocycles. The molecule has 2 amide bonds. The SMILES string of the molecule is CN(CC(=O)N(C)C1CCC1)C(=O)CCl. The van der Waals surface area contributed by atoms with E-state index in [1.165, 1.54) is 11.3 Å². The van der Waals surface area contributed by atoms with E-state index in [1.54, 1.807) is 19.0 Å². The van der Waals surface area contributed by atoms with Crippen LogP contribution in [0.5, 0.6) is 0 Å². The normalized spacial score (nSPS) is 15.7. The standard InChI is InChI=1S/C10H17ClN2O2/c1-12(9(14)6-11)7-10(15)13(2)8-4-3-5-8/h8H,3-7H2,1-2H3. The smallest absolute Gasteiger partial charge is 0.242 e. The summed E-state index contributed by atoms with van der Waals surface area (Å²) in [6, 6.07) is 0.372. The van der Waals surface area contributed by atoms with Gasteiger partial charge in [-0.25, -0.2) is 0 Å². The van der Waals surface area contributed by atoms with Gasteiger partial charge in [0.1, 0.15) is 5.88 Å². The van der Waals surface area contributed by atoms with Gasteiger partial charge in [-0.1, -0.05) is 0 Å². The summed E-state index contributed by atoms with van der Waals surface area (Å²) in [4.78, 5) is 25.9.